The maximum atomic E-state index is 12.6. The summed E-state index contributed by atoms with van der Waals surface area (Å²) in [6.45, 7) is 0.129. The minimum Gasteiger partial charge on any atom is -0.480 e. The number of benzene rings is 1. The highest BCUT2D eigenvalue weighted by Gasteiger charge is 2.38. The van der Waals surface area contributed by atoms with Crippen molar-refractivity contribution < 1.29 is 18.3 Å². The Labute approximate surface area is 121 Å². The van der Waals surface area contributed by atoms with Crippen molar-refractivity contribution in [3.05, 3.63) is 29.8 Å². The molecule has 0 aromatic heterocycles. The fourth-order valence-electron chi connectivity index (χ4n) is 1.98. The van der Waals surface area contributed by atoms with Crippen LogP contribution in [0.15, 0.2) is 29.2 Å². The lowest BCUT2D eigenvalue weighted by atomic mass is 10.2. The average Bonchev–Trinajstić information content (AvgIpc) is 2.47. The lowest BCUT2D eigenvalue weighted by Crippen LogP contribution is -2.50. The van der Waals surface area contributed by atoms with Gasteiger partial charge >= 0.3 is 5.97 Å². The number of sulfonamides is 1. The predicted octanol–water partition coefficient (Wildman–Crippen LogP) is 0.749. The number of hydrogen-bond acceptors (Lipinski definition) is 5. The van der Waals surface area contributed by atoms with Crippen molar-refractivity contribution in [2.75, 3.05) is 18.1 Å². The van der Waals surface area contributed by atoms with Gasteiger partial charge in [0.25, 0.3) is 0 Å². The van der Waals surface area contributed by atoms with Crippen LogP contribution in [-0.4, -0.2) is 47.9 Å². The first-order valence-corrected chi connectivity index (χ1v) is 8.39. The molecule has 0 radical (unpaired) electrons. The van der Waals surface area contributed by atoms with Gasteiger partial charge in [-0.1, -0.05) is 12.1 Å². The first-order valence-electron chi connectivity index (χ1n) is 5.80. The van der Waals surface area contributed by atoms with E-state index in [4.69, 9.17) is 10.4 Å². The van der Waals surface area contributed by atoms with Gasteiger partial charge in [-0.25, -0.2) is 8.42 Å². The number of aliphatic carboxylic acids is 1. The molecule has 1 unspecified atom stereocenters. The van der Waals surface area contributed by atoms with Gasteiger partial charge in [0.1, 0.15) is 12.1 Å². The van der Waals surface area contributed by atoms with Crippen LogP contribution in [0.1, 0.15) is 5.56 Å². The van der Waals surface area contributed by atoms with Crippen molar-refractivity contribution in [2.45, 2.75) is 10.9 Å². The zero-order chi connectivity index (χ0) is 14.8. The molecule has 8 heteroatoms. The Balaban J connectivity index is 2.48. The molecule has 1 heterocycles. The second-order valence-electron chi connectivity index (χ2n) is 4.15. The van der Waals surface area contributed by atoms with Crippen molar-refractivity contribution in [3.8, 4) is 6.07 Å². The molecule has 0 bridgehead atoms. The Bertz CT molecular complexity index is 666. The van der Waals surface area contributed by atoms with Gasteiger partial charge in [-0.15, -0.1) is 0 Å². The molecule has 106 valence electrons. The lowest BCUT2D eigenvalue weighted by Gasteiger charge is -2.31. The Hall–Kier alpha value is -1.56. The first-order chi connectivity index (χ1) is 9.48. The van der Waals surface area contributed by atoms with Crippen LogP contribution < -0.4 is 0 Å². The molecule has 1 aliphatic rings. The Morgan fingerprint density at radius 2 is 2.15 bits per heavy atom. The highest BCUT2D eigenvalue weighted by atomic mass is 32.2. The number of thioether (sulfide) groups is 1. The van der Waals surface area contributed by atoms with E-state index in [2.05, 4.69) is 0 Å². The summed E-state index contributed by atoms with van der Waals surface area (Å²) in [6.07, 6.45) is 0. The summed E-state index contributed by atoms with van der Waals surface area (Å²) in [5.41, 5.74) is 0.0230. The number of nitriles is 1. The molecule has 1 atom stereocenters. The quantitative estimate of drug-likeness (QED) is 0.884. The molecule has 6 nitrogen and oxygen atoms in total. The molecule has 1 N–H and O–H groups in total. The van der Waals surface area contributed by atoms with Gasteiger partial charge in [-0.2, -0.15) is 21.3 Å². The third-order valence-corrected chi connectivity index (χ3v) is 5.95. The molecule has 2 rings (SSSR count). The summed E-state index contributed by atoms with van der Waals surface area (Å²) < 4.78 is 26.1. The summed E-state index contributed by atoms with van der Waals surface area (Å²) in [6, 6.07) is 6.55. The van der Waals surface area contributed by atoms with Crippen LogP contribution >= 0.6 is 11.8 Å². The molecule has 1 saturated heterocycles. The van der Waals surface area contributed by atoms with Gasteiger partial charge in [0.05, 0.1) is 10.5 Å². The number of carboxylic acids is 1. The topological polar surface area (TPSA) is 98.5 Å². The van der Waals surface area contributed by atoms with Crippen molar-refractivity contribution in [3.63, 3.8) is 0 Å². The highest BCUT2D eigenvalue weighted by Crippen LogP contribution is 2.26. The monoisotopic (exact) mass is 312 g/mol. The standard InChI is InChI=1S/C12H12N2O4S2/c13-7-9-3-1-2-4-11(9)20(17,18)14-5-6-19-8-10(14)12(15)16/h1-4,10H,5-6,8H2,(H,15,16). The van der Waals surface area contributed by atoms with Gasteiger partial charge in [0, 0.05) is 18.1 Å². The van der Waals surface area contributed by atoms with Crippen LogP contribution in [0.5, 0.6) is 0 Å². The van der Waals surface area contributed by atoms with E-state index in [0.29, 0.717) is 5.75 Å². The number of carboxylic acid groups (broad SMARTS) is 1. The van der Waals surface area contributed by atoms with Crippen molar-refractivity contribution >= 4 is 27.8 Å². The van der Waals surface area contributed by atoms with E-state index in [0.717, 1.165) is 4.31 Å². The van der Waals surface area contributed by atoms with Crippen molar-refractivity contribution in [1.82, 2.24) is 4.31 Å². The summed E-state index contributed by atoms with van der Waals surface area (Å²) in [5.74, 6) is -0.420. The molecule has 1 aromatic carbocycles. The van der Waals surface area contributed by atoms with E-state index in [1.54, 1.807) is 6.07 Å². The molecule has 0 saturated carbocycles. The maximum absolute atomic E-state index is 12.6. The van der Waals surface area contributed by atoms with E-state index in [9.17, 15) is 13.2 Å². The van der Waals surface area contributed by atoms with Gasteiger partial charge in [0.15, 0.2) is 0 Å². The zero-order valence-electron chi connectivity index (χ0n) is 10.4. The van der Waals surface area contributed by atoms with Gasteiger partial charge < -0.3 is 5.11 Å². The van der Waals surface area contributed by atoms with E-state index in [-0.39, 0.29) is 22.8 Å². The summed E-state index contributed by atoms with van der Waals surface area (Å²) in [5, 5.41) is 18.2. The molecular formula is C12H12N2O4S2. The molecule has 20 heavy (non-hydrogen) atoms. The Kier molecular flexibility index (Phi) is 4.32. The summed E-state index contributed by atoms with van der Waals surface area (Å²) >= 11 is 1.40. The van der Waals surface area contributed by atoms with Crippen LogP contribution in [0.25, 0.3) is 0 Å². The largest absolute Gasteiger partial charge is 0.480 e. The molecule has 0 amide bonds. The molecule has 1 aliphatic heterocycles. The zero-order valence-corrected chi connectivity index (χ0v) is 12.0. The first kappa shape index (κ1) is 14.8. The predicted molar refractivity (Wildman–Crippen MR) is 73.8 cm³/mol. The van der Waals surface area contributed by atoms with Crippen LogP contribution in [-0.2, 0) is 14.8 Å². The Morgan fingerprint density at radius 3 is 2.80 bits per heavy atom. The van der Waals surface area contributed by atoms with Crippen LogP contribution in [0.2, 0.25) is 0 Å². The van der Waals surface area contributed by atoms with E-state index >= 15 is 0 Å². The SMILES string of the molecule is N#Cc1ccccc1S(=O)(=O)N1CCSCC1C(=O)O. The van der Waals surface area contributed by atoms with Gasteiger partial charge in [-0.05, 0) is 12.1 Å². The summed E-state index contributed by atoms with van der Waals surface area (Å²) in [7, 11) is -3.98. The van der Waals surface area contributed by atoms with Gasteiger partial charge in [-0.3, -0.25) is 4.79 Å². The van der Waals surface area contributed by atoms with E-state index in [1.807, 2.05) is 6.07 Å². The normalized spacial score (nSPS) is 20.2. The minimum atomic E-state index is -3.98. The van der Waals surface area contributed by atoms with Gasteiger partial charge in [0.2, 0.25) is 10.0 Å². The Morgan fingerprint density at radius 1 is 1.45 bits per heavy atom. The highest BCUT2D eigenvalue weighted by molar-refractivity contribution is 7.99. The average molecular weight is 312 g/mol. The minimum absolute atomic E-state index is 0.0230. The van der Waals surface area contributed by atoms with Crippen molar-refractivity contribution in [2.24, 2.45) is 0 Å². The lowest BCUT2D eigenvalue weighted by molar-refractivity contribution is -0.140. The molecule has 1 fully saturated rings. The second-order valence-corrected chi connectivity index (χ2v) is 7.16. The number of hydrogen-bond donors (Lipinski definition) is 1. The fraction of sp³-hybridized carbons (Fsp3) is 0.333. The second kappa shape index (κ2) is 5.83. The smallest absolute Gasteiger partial charge is 0.322 e. The van der Waals surface area contributed by atoms with E-state index < -0.39 is 22.0 Å². The molecular weight excluding hydrogens is 300 g/mol. The number of rotatable bonds is 3. The van der Waals surface area contributed by atoms with Crippen LogP contribution in [0.3, 0.4) is 0 Å². The summed E-state index contributed by atoms with van der Waals surface area (Å²) in [4.78, 5) is 11.1. The maximum Gasteiger partial charge on any atom is 0.322 e. The molecule has 0 aliphatic carbocycles. The van der Waals surface area contributed by atoms with Crippen molar-refractivity contribution in [1.29, 1.82) is 5.26 Å². The number of nitrogens with zero attached hydrogens (tertiary/aromatic N) is 2. The van der Waals surface area contributed by atoms with Crippen LogP contribution in [0, 0.1) is 11.3 Å². The molecule has 1 aromatic rings. The fourth-order valence-corrected chi connectivity index (χ4v) is 4.96. The number of carbonyl (C=O) groups is 1. The molecule has 0 spiro atoms. The van der Waals surface area contributed by atoms with Crippen LogP contribution in [0.4, 0.5) is 0 Å². The third kappa shape index (κ3) is 2.65. The third-order valence-electron chi connectivity index (χ3n) is 2.96. The van der Waals surface area contributed by atoms with E-state index in [1.165, 1.54) is 30.0 Å².